The van der Waals surface area contributed by atoms with Gasteiger partial charge in [0.2, 0.25) is 0 Å². The number of allylic oxidation sites excluding steroid dienone is 1. The van der Waals surface area contributed by atoms with E-state index in [0.29, 0.717) is 5.92 Å². The lowest BCUT2D eigenvalue weighted by Gasteiger charge is -2.13. The van der Waals surface area contributed by atoms with Crippen molar-refractivity contribution in [2.24, 2.45) is 13.0 Å². The maximum absolute atomic E-state index is 2.32. The fourth-order valence-electron chi connectivity index (χ4n) is 2.73. The molecule has 2 aromatic rings. The summed E-state index contributed by atoms with van der Waals surface area (Å²) in [7, 11) is 2.16. The van der Waals surface area contributed by atoms with E-state index in [9.17, 15) is 0 Å². The molecule has 1 aromatic heterocycles. The number of aryl methyl sites for hydroxylation is 2. The Bertz CT molecular complexity index is 587. The first-order valence-electron chi connectivity index (χ1n) is 5.93. The normalized spacial score (nSPS) is 19.1. The Balaban J connectivity index is 2.39. The first-order chi connectivity index (χ1) is 7.66. The molecular weight excluding hydrogens is 194 g/mol. The second-order valence-corrected chi connectivity index (χ2v) is 4.98. The molecule has 1 aliphatic carbocycles. The molecule has 1 unspecified atom stereocenters. The zero-order valence-corrected chi connectivity index (χ0v) is 10.1. The molecule has 1 heteroatoms. The molecular formula is C15H17N. The third kappa shape index (κ3) is 1.24. The maximum Gasteiger partial charge on any atom is 0.0485 e. The predicted molar refractivity (Wildman–Crippen MR) is 69.6 cm³/mol. The molecule has 1 atom stereocenters. The molecule has 0 N–H and O–H groups in total. The molecule has 0 saturated carbocycles. The van der Waals surface area contributed by atoms with Crippen LogP contribution in [-0.2, 0) is 13.5 Å². The summed E-state index contributed by atoms with van der Waals surface area (Å²) < 4.78 is 2.31. The van der Waals surface area contributed by atoms with Crippen molar-refractivity contribution < 1.29 is 0 Å². The smallest absolute Gasteiger partial charge is 0.0485 e. The van der Waals surface area contributed by atoms with Crippen molar-refractivity contribution in [3.05, 3.63) is 41.1 Å². The Morgan fingerprint density at radius 2 is 2.12 bits per heavy atom. The van der Waals surface area contributed by atoms with Gasteiger partial charge in [0.15, 0.2) is 0 Å². The van der Waals surface area contributed by atoms with Crippen molar-refractivity contribution >= 4 is 17.0 Å². The summed E-state index contributed by atoms with van der Waals surface area (Å²) in [6.45, 7) is 4.45. The summed E-state index contributed by atoms with van der Waals surface area (Å²) in [4.78, 5) is 0. The molecule has 3 rings (SSSR count). The average Bonchev–Trinajstić information content (AvgIpc) is 2.52. The SMILES string of the molecule is Cc1ccc2c(c1)c1c(n2C)C=CC(C)C1. The van der Waals surface area contributed by atoms with Crippen LogP contribution >= 0.6 is 0 Å². The van der Waals surface area contributed by atoms with Crippen molar-refractivity contribution in [3.8, 4) is 0 Å². The zero-order valence-electron chi connectivity index (χ0n) is 10.1. The van der Waals surface area contributed by atoms with E-state index in [2.05, 4.69) is 55.8 Å². The van der Waals surface area contributed by atoms with E-state index in [-0.39, 0.29) is 0 Å². The monoisotopic (exact) mass is 211 g/mol. The lowest BCUT2D eigenvalue weighted by atomic mass is 9.93. The molecule has 82 valence electrons. The fourth-order valence-corrected chi connectivity index (χ4v) is 2.73. The van der Waals surface area contributed by atoms with Crippen molar-refractivity contribution in [2.75, 3.05) is 0 Å². The van der Waals surface area contributed by atoms with E-state index in [4.69, 9.17) is 0 Å². The van der Waals surface area contributed by atoms with E-state index < -0.39 is 0 Å². The number of rotatable bonds is 0. The van der Waals surface area contributed by atoms with Crippen LogP contribution in [-0.4, -0.2) is 4.57 Å². The van der Waals surface area contributed by atoms with E-state index in [1.165, 1.54) is 34.1 Å². The molecule has 16 heavy (non-hydrogen) atoms. The molecule has 0 fully saturated rings. The van der Waals surface area contributed by atoms with Gasteiger partial charge in [-0.05, 0) is 43.0 Å². The van der Waals surface area contributed by atoms with Gasteiger partial charge in [-0.1, -0.05) is 24.6 Å². The number of fused-ring (bicyclic) bond motifs is 3. The van der Waals surface area contributed by atoms with Crippen molar-refractivity contribution in [1.29, 1.82) is 0 Å². The summed E-state index contributed by atoms with van der Waals surface area (Å²) in [5.41, 5.74) is 5.62. The molecule has 0 bridgehead atoms. The zero-order chi connectivity index (χ0) is 11.3. The molecule has 0 spiro atoms. The van der Waals surface area contributed by atoms with Crippen LogP contribution in [0.5, 0.6) is 0 Å². The summed E-state index contributed by atoms with van der Waals surface area (Å²) in [5.74, 6) is 0.665. The molecule has 1 nitrogen and oxygen atoms in total. The van der Waals surface area contributed by atoms with Crippen LogP contribution < -0.4 is 0 Å². The van der Waals surface area contributed by atoms with Gasteiger partial charge in [0.25, 0.3) is 0 Å². The van der Waals surface area contributed by atoms with Gasteiger partial charge in [-0.2, -0.15) is 0 Å². The van der Waals surface area contributed by atoms with Crippen LogP contribution in [0.1, 0.15) is 23.7 Å². The highest BCUT2D eigenvalue weighted by atomic mass is 14.9. The number of nitrogens with zero attached hydrogens (tertiary/aromatic N) is 1. The van der Waals surface area contributed by atoms with Crippen LogP contribution in [0, 0.1) is 12.8 Å². The van der Waals surface area contributed by atoms with Gasteiger partial charge in [0.1, 0.15) is 0 Å². The number of aromatic nitrogens is 1. The quantitative estimate of drug-likeness (QED) is 0.626. The Morgan fingerprint density at radius 3 is 2.94 bits per heavy atom. The molecule has 1 aliphatic rings. The van der Waals surface area contributed by atoms with E-state index >= 15 is 0 Å². The average molecular weight is 211 g/mol. The van der Waals surface area contributed by atoms with Gasteiger partial charge in [-0.15, -0.1) is 0 Å². The van der Waals surface area contributed by atoms with Gasteiger partial charge in [-0.25, -0.2) is 0 Å². The maximum atomic E-state index is 2.32. The van der Waals surface area contributed by atoms with Crippen molar-refractivity contribution in [1.82, 2.24) is 4.57 Å². The molecule has 0 saturated heterocycles. The summed E-state index contributed by atoms with van der Waals surface area (Å²) in [6, 6.07) is 6.75. The van der Waals surface area contributed by atoms with Gasteiger partial charge >= 0.3 is 0 Å². The molecule has 0 aliphatic heterocycles. The third-order valence-corrected chi connectivity index (χ3v) is 3.62. The Labute approximate surface area is 96.4 Å². The lowest BCUT2D eigenvalue weighted by Crippen LogP contribution is -2.03. The van der Waals surface area contributed by atoms with Crippen LogP contribution in [0.25, 0.3) is 17.0 Å². The minimum Gasteiger partial charge on any atom is -0.344 e. The summed E-state index contributed by atoms with van der Waals surface area (Å²) in [6.07, 6.45) is 5.76. The van der Waals surface area contributed by atoms with Crippen LogP contribution in [0.3, 0.4) is 0 Å². The molecule has 0 amide bonds. The number of benzene rings is 1. The topological polar surface area (TPSA) is 4.93 Å². The molecule has 1 heterocycles. The lowest BCUT2D eigenvalue weighted by molar-refractivity contribution is 0.714. The van der Waals surface area contributed by atoms with Crippen LogP contribution in [0.4, 0.5) is 0 Å². The van der Waals surface area contributed by atoms with Crippen molar-refractivity contribution in [2.45, 2.75) is 20.3 Å². The minimum atomic E-state index is 0.665. The van der Waals surface area contributed by atoms with E-state index in [1.54, 1.807) is 0 Å². The Kier molecular flexibility index (Phi) is 1.97. The van der Waals surface area contributed by atoms with Gasteiger partial charge in [-0.3, -0.25) is 0 Å². The first-order valence-corrected chi connectivity index (χ1v) is 5.93. The van der Waals surface area contributed by atoms with E-state index in [1.807, 2.05) is 0 Å². The van der Waals surface area contributed by atoms with Gasteiger partial charge in [0.05, 0.1) is 0 Å². The Morgan fingerprint density at radius 1 is 1.31 bits per heavy atom. The van der Waals surface area contributed by atoms with Crippen LogP contribution in [0.15, 0.2) is 24.3 Å². The highest BCUT2D eigenvalue weighted by Crippen LogP contribution is 2.32. The number of hydrogen-bond acceptors (Lipinski definition) is 0. The first kappa shape index (κ1) is 9.71. The third-order valence-electron chi connectivity index (χ3n) is 3.62. The summed E-state index contributed by atoms with van der Waals surface area (Å²) in [5, 5.41) is 1.44. The second-order valence-electron chi connectivity index (χ2n) is 4.98. The van der Waals surface area contributed by atoms with Crippen molar-refractivity contribution in [3.63, 3.8) is 0 Å². The minimum absolute atomic E-state index is 0.665. The highest BCUT2D eigenvalue weighted by molar-refractivity contribution is 5.89. The Hall–Kier alpha value is -1.50. The number of hydrogen-bond donors (Lipinski definition) is 0. The highest BCUT2D eigenvalue weighted by Gasteiger charge is 2.17. The van der Waals surface area contributed by atoms with Gasteiger partial charge < -0.3 is 4.57 Å². The molecule has 1 aromatic carbocycles. The molecule has 0 radical (unpaired) electrons. The largest absolute Gasteiger partial charge is 0.344 e. The standard InChI is InChI=1S/C15H17N/c1-10-4-6-14-12(8-10)13-9-11(2)5-7-15(13)16(14)3/h4-8,11H,9H2,1-3H3. The van der Waals surface area contributed by atoms with Gasteiger partial charge in [0, 0.05) is 23.6 Å². The second kappa shape index (κ2) is 3.24. The van der Waals surface area contributed by atoms with E-state index in [0.717, 1.165) is 0 Å². The summed E-state index contributed by atoms with van der Waals surface area (Å²) >= 11 is 0. The fraction of sp³-hybridized carbons (Fsp3) is 0.333. The predicted octanol–water partition coefficient (Wildman–Crippen LogP) is 3.69. The van der Waals surface area contributed by atoms with Crippen LogP contribution in [0.2, 0.25) is 0 Å².